The van der Waals surface area contributed by atoms with E-state index in [1.165, 1.54) is 18.2 Å². The molecule has 7 nitrogen and oxygen atoms in total. The lowest BCUT2D eigenvalue weighted by atomic mass is 9.96. The number of aryl methyl sites for hydroxylation is 1. The number of nitrogens with one attached hydrogen (secondary N) is 1. The van der Waals surface area contributed by atoms with Crippen molar-refractivity contribution >= 4 is 17.6 Å². The first-order chi connectivity index (χ1) is 9.73. The van der Waals surface area contributed by atoms with E-state index in [1.54, 1.807) is 20.8 Å². The highest BCUT2D eigenvalue weighted by atomic mass is 16.6. The Balaban J connectivity index is 2.87. The highest BCUT2D eigenvalue weighted by Crippen LogP contribution is 2.17. The molecule has 0 aliphatic rings. The van der Waals surface area contributed by atoms with Gasteiger partial charge in [0.15, 0.2) is 0 Å². The molecule has 7 heteroatoms. The Morgan fingerprint density at radius 1 is 1.38 bits per heavy atom. The summed E-state index contributed by atoms with van der Waals surface area (Å²) in [4.78, 5) is 33.3. The van der Waals surface area contributed by atoms with E-state index in [2.05, 4.69) is 5.32 Å². The van der Waals surface area contributed by atoms with Crippen molar-refractivity contribution in [1.29, 1.82) is 0 Å². The molecule has 1 rings (SSSR count). The average Bonchev–Trinajstić information content (AvgIpc) is 2.37. The van der Waals surface area contributed by atoms with Gasteiger partial charge in [0.25, 0.3) is 11.6 Å². The molecule has 0 spiro atoms. The summed E-state index contributed by atoms with van der Waals surface area (Å²) in [5, 5.41) is 22.3. The quantitative estimate of drug-likeness (QED) is 0.616. The second-order valence-electron chi connectivity index (χ2n) is 5.16. The third-order valence-electron chi connectivity index (χ3n) is 3.28. The van der Waals surface area contributed by atoms with E-state index in [0.717, 1.165) is 0 Å². The number of hydrogen-bond acceptors (Lipinski definition) is 4. The molecule has 1 amide bonds. The van der Waals surface area contributed by atoms with Crippen molar-refractivity contribution < 1.29 is 19.6 Å². The molecule has 0 heterocycles. The summed E-state index contributed by atoms with van der Waals surface area (Å²) in [5.41, 5.74) is 0.594. The van der Waals surface area contributed by atoms with Crippen molar-refractivity contribution in [3.8, 4) is 0 Å². The van der Waals surface area contributed by atoms with Gasteiger partial charge in [-0.2, -0.15) is 0 Å². The van der Waals surface area contributed by atoms with Crippen LogP contribution in [0.2, 0.25) is 0 Å². The van der Waals surface area contributed by atoms with Crippen LogP contribution in [0.4, 0.5) is 5.69 Å². The van der Waals surface area contributed by atoms with E-state index < -0.39 is 22.7 Å². The minimum atomic E-state index is -0.985. The first kappa shape index (κ1) is 16.6. The zero-order valence-electron chi connectivity index (χ0n) is 12.1. The Hall–Kier alpha value is -2.44. The smallest absolute Gasteiger partial charge is 0.308 e. The molecule has 0 bridgehead atoms. The van der Waals surface area contributed by atoms with Gasteiger partial charge in [0, 0.05) is 24.2 Å². The normalized spacial score (nSPS) is 12.0. The summed E-state index contributed by atoms with van der Waals surface area (Å²) in [7, 11) is 0. The van der Waals surface area contributed by atoms with Gasteiger partial charge in [0.2, 0.25) is 0 Å². The van der Waals surface area contributed by atoms with E-state index in [-0.39, 0.29) is 23.7 Å². The summed E-state index contributed by atoms with van der Waals surface area (Å²) >= 11 is 0. The maximum atomic E-state index is 12.1. The predicted molar refractivity (Wildman–Crippen MR) is 76.1 cm³/mol. The number of nitro groups is 1. The number of benzene rings is 1. The summed E-state index contributed by atoms with van der Waals surface area (Å²) < 4.78 is 0. The summed E-state index contributed by atoms with van der Waals surface area (Å²) in [6, 6.07) is 4.00. The molecule has 1 atom stereocenters. The fraction of sp³-hybridized carbons (Fsp3) is 0.429. The number of aliphatic carboxylic acids is 1. The molecule has 0 aliphatic carbocycles. The number of carboxylic acid groups (broad SMARTS) is 1. The summed E-state index contributed by atoms with van der Waals surface area (Å²) in [6.45, 7) is 5.15. The molecule has 2 N–H and O–H groups in total. The number of carbonyl (C=O) groups is 2. The topological polar surface area (TPSA) is 110 Å². The van der Waals surface area contributed by atoms with Crippen LogP contribution in [0.5, 0.6) is 0 Å². The van der Waals surface area contributed by atoms with Crippen LogP contribution in [0.3, 0.4) is 0 Å². The lowest BCUT2D eigenvalue weighted by Gasteiger charge is -2.17. The third kappa shape index (κ3) is 4.27. The molecule has 0 aromatic heterocycles. The number of non-ortho nitro benzene ring substituents is 1. The summed E-state index contributed by atoms with van der Waals surface area (Å²) in [6.07, 6.45) is 0. The van der Waals surface area contributed by atoms with Crippen molar-refractivity contribution in [2.45, 2.75) is 20.8 Å². The Kier molecular flexibility index (Phi) is 5.40. The molecule has 0 saturated heterocycles. The highest BCUT2D eigenvalue weighted by Gasteiger charge is 2.23. The minimum Gasteiger partial charge on any atom is -0.481 e. The second kappa shape index (κ2) is 6.83. The van der Waals surface area contributed by atoms with Crippen LogP contribution in [0, 0.1) is 28.9 Å². The fourth-order valence-corrected chi connectivity index (χ4v) is 1.87. The van der Waals surface area contributed by atoms with Gasteiger partial charge < -0.3 is 10.4 Å². The van der Waals surface area contributed by atoms with Gasteiger partial charge >= 0.3 is 5.97 Å². The molecule has 0 radical (unpaired) electrons. The number of hydrogen-bond donors (Lipinski definition) is 2. The molecule has 1 unspecified atom stereocenters. The minimum absolute atomic E-state index is 0.0199. The lowest BCUT2D eigenvalue weighted by Crippen LogP contribution is -2.35. The van der Waals surface area contributed by atoms with Gasteiger partial charge in [-0.25, -0.2) is 0 Å². The maximum Gasteiger partial charge on any atom is 0.308 e. The van der Waals surface area contributed by atoms with E-state index in [1.807, 2.05) is 0 Å². The SMILES string of the molecule is Cc1ccc([N+](=O)[O-])cc1C(=O)NCC(C(=O)O)C(C)C. The van der Waals surface area contributed by atoms with Crippen LogP contribution in [-0.4, -0.2) is 28.5 Å². The molecule has 1 aromatic rings. The molecular weight excluding hydrogens is 276 g/mol. The van der Waals surface area contributed by atoms with Crippen LogP contribution in [0.1, 0.15) is 29.8 Å². The predicted octanol–water partition coefficient (Wildman–Crippen LogP) is 1.99. The number of nitrogens with zero attached hydrogens (tertiary/aromatic N) is 1. The van der Waals surface area contributed by atoms with Crippen LogP contribution in [0.25, 0.3) is 0 Å². The molecule has 0 aliphatic heterocycles. The Morgan fingerprint density at radius 2 is 2.00 bits per heavy atom. The van der Waals surface area contributed by atoms with E-state index in [4.69, 9.17) is 5.11 Å². The van der Waals surface area contributed by atoms with Gasteiger partial charge in [-0.15, -0.1) is 0 Å². The largest absolute Gasteiger partial charge is 0.481 e. The number of nitro benzene ring substituents is 1. The van der Waals surface area contributed by atoms with Crippen molar-refractivity contribution in [3.05, 3.63) is 39.4 Å². The van der Waals surface area contributed by atoms with Gasteiger partial charge in [-0.05, 0) is 18.4 Å². The zero-order chi connectivity index (χ0) is 16.2. The molecule has 1 aromatic carbocycles. The number of amides is 1. The molecule has 114 valence electrons. The molecule has 0 fully saturated rings. The Labute approximate surface area is 122 Å². The fourth-order valence-electron chi connectivity index (χ4n) is 1.87. The lowest BCUT2D eigenvalue weighted by molar-refractivity contribution is -0.384. The van der Waals surface area contributed by atoms with Crippen molar-refractivity contribution in [2.24, 2.45) is 11.8 Å². The zero-order valence-corrected chi connectivity index (χ0v) is 12.1. The van der Waals surface area contributed by atoms with Gasteiger partial charge in [-0.3, -0.25) is 19.7 Å². The van der Waals surface area contributed by atoms with Crippen LogP contribution in [-0.2, 0) is 4.79 Å². The maximum absolute atomic E-state index is 12.1. The van der Waals surface area contributed by atoms with Gasteiger partial charge in [0.05, 0.1) is 10.8 Å². The molecule has 0 saturated carbocycles. The van der Waals surface area contributed by atoms with E-state index >= 15 is 0 Å². The molecular formula is C14H18N2O5. The molecule has 21 heavy (non-hydrogen) atoms. The number of carbonyl (C=O) groups excluding carboxylic acids is 1. The number of carboxylic acids is 1. The number of rotatable bonds is 6. The van der Waals surface area contributed by atoms with Crippen LogP contribution in [0.15, 0.2) is 18.2 Å². The monoisotopic (exact) mass is 294 g/mol. The second-order valence-corrected chi connectivity index (χ2v) is 5.16. The standard InChI is InChI=1S/C14H18N2O5/c1-8(2)12(14(18)19)7-15-13(17)11-6-10(16(20)21)5-4-9(11)3/h4-6,8,12H,7H2,1-3H3,(H,15,17)(H,18,19). The van der Waals surface area contributed by atoms with Crippen LogP contribution < -0.4 is 5.32 Å². The van der Waals surface area contributed by atoms with Gasteiger partial charge in [0.1, 0.15) is 0 Å². The Bertz CT molecular complexity index is 568. The first-order valence-corrected chi connectivity index (χ1v) is 6.50. The van der Waals surface area contributed by atoms with Crippen LogP contribution >= 0.6 is 0 Å². The Morgan fingerprint density at radius 3 is 2.48 bits per heavy atom. The van der Waals surface area contributed by atoms with E-state index in [0.29, 0.717) is 5.56 Å². The van der Waals surface area contributed by atoms with Crippen molar-refractivity contribution in [1.82, 2.24) is 5.32 Å². The first-order valence-electron chi connectivity index (χ1n) is 6.50. The third-order valence-corrected chi connectivity index (χ3v) is 3.28. The van der Waals surface area contributed by atoms with Crippen molar-refractivity contribution in [3.63, 3.8) is 0 Å². The summed E-state index contributed by atoms with van der Waals surface area (Å²) in [5.74, 6) is -2.33. The highest BCUT2D eigenvalue weighted by molar-refractivity contribution is 5.96. The van der Waals surface area contributed by atoms with E-state index in [9.17, 15) is 19.7 Å². The van der Waals surface area contributed by atoms with Crippen molar-refractivity contribution in [2.75, 3.05) is 6.54 Å². The van der Waals surface area contributed by atoms with Gasteiger partial charge in [-0.1, -0.05) is 19.9 Å². The average molecular weight is 294 g/mol.